The highest BCUT2D eigenvalue weighted by Crippen LogP contribution is 2.35. The van der Waals surface area contributed by atoms with Crippen LogP contribution < -0.4 is 0 Å². The summed E-state index contributed by atoms with van der Waals surface area (Å²) >= 11 is 0. The van der Waals surface area contributed by atoms with Gasteiger partial charge in [0.2, 0.25) is 0 Å². The summed E-state index contributed by atoms with van der Waals surface area (Å²) in [5, 5.41) is 13.6. The number of hydrogen-bond donors (Lipinski definition) is 1. The van der Waals surface area contributed by atoms with Crippen LogP contribution in [0.15, 0.2) is 12.4 Å². The number of aliphatic carboxylic acids is 1. The zero-order valence-electron chi connectivity index (χ0n) is 11.8. The van der Waals surface area contributed by atoms with Crippen molar-refractivity contribution in [2.24, 2.45) is 5.41 Å². The molecule has 1 N–H and O–H groups in total. The van der Waals surface area contributed by atoms with Gasteiger partial charge in [0.1, 0.15) is 0 Å². The van der Waals surface area contributed by atoms with Gasteiger partial charge in [-0.2, -0.15) is 5.10 Å². The molecule has 1 saturated heterocycles. The third kappa shape index (κ3) is 2.97. The number of carboxylic acid groups (broad SMARTS) is 1. The van der Waals surface area contributed by atoms with Crippen molar-refractivity contribution < 1.29 is 9.90 Å². The number of carboxylic acids is 1. The van der Waals surface area contributed by atoms with E-state index in [0.29, 0.717) is 0 Å². The Balaban J connectivity index is 1.91. The Morgan fingerprint density at radius 3 is 2.58 bits per heavy atom. The standard InChI is InChI=1S/C14H23N3O2/c1-3-14(13(18)19)5-7-16(8-6-14)10-12-9-15-17(4-2)11-12/h9,11H,3-8,10H2,1-2H3,(H,18,19). The Morgan fingerprint density at radius 1 is 1.42 bits per heavy atom. The molecule has 0 bridgehead atoms. The van der Waals surface area contributed by atoms with E-state index in [1.54, 1.807) is 0 Å². The number of piperidine rings is 1. The van der Waals surface area contributed by atoms with E-state index >= 15 is 0 Å². The normalized spacial score (nSPS) is 19.5. The van der Waals surface area contributed by atoms with Crippen molar-refractivity contribution in [2.45, 2.75) is 46.2 Å². The van der Waals surface area contributed by atoms with E-state index in [-0.39, 0.29) is 0 Å². The molecule has 0 saturated carbocycles. The first-order valence-electron chi connectivity index (χ1n) is 7.06. The van der Waals surface area contributed by atoms with Crippen LogP contribution in [0.2, 0.25) is 0 Å². The third-order valence-corrected chi connectivity index (χ3v) is 4.36. The van der Waals surface area contributed by atoms with Gasteiger partial charge in [0, 0.05) is 24.8 Å². The summed E-state index contributed by atoms with van der Waals surface area (Å²) < 4.78 is 1.92. The average molecular weight is 265 g/mol. The van der Waals surface area contributed by atoms with Crippen molar-refractivity contribution in [3.05, 3.63) is 18.0 Å². The summed E-state index contributed by atoms with van der Waals surface area (Å²) in [6.45, 7) is 7.53. The van der Waals surface area contributed by atoms with Gasteiger partial charge < -0.3 is 5.11 Å². The fourth-order valence-electron chi connectivity index (χ4n) is 2.78. The maximum atomic E-state index is 11.4. The number of hydrogen-bond acceptors (Lipinski definition) is 3. The van der Waals surface area contributed by atoms with Crippen LogP contribution in [0, 0.1) is 5.41 Å². The van der Waals surface area contributed by atoms with Crippen molar-refractivity contribution in [2.75, 3.05) is 13.1 Å². The number of rotatable bonds is 5. The van der Waals surface area contributed by atoms with Crippen LogP contribution in [0.25, 0.3) is 0 Å². The van der Waals surface area contributed by atoms with E-state index in [2.05, 4.69) is 23.1 Å². The van der Waals surface area contributed by atoms with E-state index in [1.807, 2.05) is 17.8 Å². The lowest BCUT2D eigenvalue weighted by Crippen LogP contribution is -2.43. The van der Waals surface area contributed by atoms with Gasteiger partial charge in [0.25, 0.3) is 0 Å². The van der Waals surface area contributed by atoms with Gasteiger partial charge in [-0.25, -0.2) is 0 Å². The highest BCUT2D eigenvalue weighted by Gasteiger charge is 2.39. The monoisotopic (exact) mass is 265 g/mol. The Hall–Kier alpha value is -1.36. The van der Waals surface area contributed by atoms with Crippen LogP contribution in [-0.4, -0.2) is 38.8 Å². The first-order valence-corrected chi connectivity index (χ1v) is 7.06. The largest absolute Gasteiger partial charge is 0.481 e. The van der Waals surface area contributed by atoms with Gasteiger partial charge in [-0.05, 0) is 39.3 Å². The SMILES string of the molecule is CCn1cc(CN2CCC(CC)(C(=O)O)CC2)cn1. The quantitative estimate of drug-likeness (QED) is 0.884. The molecule has 0 unspecified atom stereocenters. The molecule has 1 aromatic rings. The van der Waals surface area contributed by atoms with Gasteiger partial charge >= 0.3 is 5.97 Å². The van der Waals surface area contributed by atoms with Crippen molar-refractivity contribution in [1.82, 2.24) is 14.7 Å². The molecule has 0 amide bonds. The minimum Gasteiger partial charge on any atom is -0.481 e. The highest BCUT2D eigenvalue weighted by atomic mass is 16.4. The second-order valence-corrected chi connectivity index (χ2v) is 5.42. The molecule has 1 aliphatic heterocycles. The summed E-state index contributed by atoms with van der Waals surface area (Å²) in [5.41, 5.74) is 0.713. The first kappa shape index (κ1) is 14.1. The minimum atomic E-state index is -0.631. The van der Waals surface area contributed by atoms with Crippen molar-refractivity contribution >= 4 is 5.97 Å². The molecule has 0 aliphatic carbocycles. The number of likely N-dealkylation sites (tertiary alicyclic amines) is 1. The molecule has 2 rings (SSSR count). The molecule has 0 aromatic carbocycles. The third-order valence-electron chi connectivity index (χ3n) is 4.36. The van der Waals surface area contributed by atoms with Crippen LogP contribution in [0.1, 0.15) is 38.7 Å². The Kier molecular flexibility index (Phi) is 4.24. The molecule has 5 heteroatoms. The van der Waals surface area contributed by atoms with Crippen molar-refractivity contribution in [1.29, 1.82) is 0 Å². The summed E-state index contributed by atoms with van der Waals surface area (Å²) in [5.74, 6) is -0.631. The van der Waals surface area contributed by atoms with Crippen LogP contribution in [-0.2, 0) is 17.9 Å². The first-order chi connectivity index (χ1) is 9.09. The molecular weight excluding hydrogens is 242 g/mol. The lowest BCUT2D eigenvalue weighted by atomic mass is 9.76. The second-order valence-electron chi connectivity index (χ2n) is 5.42. The topological polar surface area (TPSA) is 58.4 Å². The zero-order chi connectivity index (χ0) is 13.9. The molecule has 2 heterocycles. The molecule has 0 atom stereocenters. The maximum absolute atomic E-state index is 11.4. The summed E-state index contributed by atoms with van der Waals surface area (Å²) in [6.07, 6.45) is 6.20. The minimum absolute atomic E-state index is 0.496. The lowest BCUT2D eigenvalue weighted by molar-refractivity contribution is -0.152. The zero-order valence-corrected chi connectivity index (χ0v) is 11.8. The van der Waals surface area contributed by atoms with E-state index in [0.717, 1.165) is 45.4 Å². The molecule has 1 aromatic heterocycles. The fourth-order valence-corrected chi connectivity index (χ4v) is 2.78. The van der Waals surface area contributed by atoms with E-state index in [1.165, 1.54) is 5.56 Å². The van der Waals surface area contributed by atoms with Crippen molar-refractivity contribution in [3.63, 3.8) is 0 Å². The van der Waals surface area contributed by atoms with Crippen LogP contribution >= 0.6 is 0 Å². The van der Waals surface area contributed by atoms with Crippen molar-refractivity contribution in [3.8, 4) is 0 Å². The lowest BCUT2D eigenvalue weighted by Gasteiger charge is -2.38. The molecule has 0 spiro atoms. The fraction of sp³-hybridized carbons (Fsp3) is 0.714. The molecule has 1 fully saturated rings. The second kappa shape index (κ2) is 5.74. The summed E-state index contributed by atoms with van der Waals surface area (Å²) in [6, 6.07) is 0. The molecular formula is C14H23N3O2. The van der Waals surface area contributed by atoms with E-state index < -0.39 is 11.4 Å². The van der Waals surface area contributed by atoms with Crippen LogP contribution in [0.3, 0.4) is 0 Å². The van der Waals surface area contributed by atoms with Gasteiger partial charge in [0.15, 0.2) is 0 Å². The molecule has 5 nitrogen and oxygen atoms in total. The Bertz CT molecular complexity index is 434. The number of carbonyl (C=O) groups is 1. The molecule has 0 radical (unpaired) electrons. The Morgan fingerprint density at radius 2 is 2.11 bits per heavy atom. The molecule has 106 valence electrons. The van der Waals surface area contributed by atoms with Crippen LogP contribution in [0.4, 0.5) is 0 Å². The van der Waals surface area contributed by atoms with E-state index in [4.69, 9.17) is 0 Å². The Labute approximate surface area is 114 Å². The van der Waals surface area contributed by atoms with Gasteiger partial charge in [-0.3, -0.25) is 14.4 Å². The summed E-state index contributed by atoms with van der Waals surface area (Å²) in [4.78, 5) is 13.7. The van der Waals surface area contributed by atoms with Gasteiger partial charge in [0.05, 0.1) is 11.6 Å². The van der Waals surface area contributed by atoms with E-state index in [9.17, 15) is 9.90 Å². The molecule has 1 aliphatic rings. The highest BCUT2D eigenvalue weighted by molar-refractivity contribution is 5.74. The van der Waals surface area contributed by atoms with Crippen LogP contribution in [0.5, 0.6) is 0 Å². The smallest absolute Gasteiger partial charge is 0.309 e. The molecule has 19 heavy (non-hydrogen) atoms. The number of aryl methyl sites for hydroxylation is 1. The predicted octanol–water partition coefficient (Wildman–Crippen LogP) is 1.98. The average Bonchev–Trinajstić information content (AvgIpc) is 2.87. The predicted molar refractivity (Wildman–Crippen MR) is 72.8 cm³/mol. The number of nitrogens with zero attached hydrogens (tertiary/aromatic N) is 3. The maximum Gasteiger partial charge on any atom is 0.309 e. The van der Waals surface area contributed by atoms with Gasteiger partial charge in [-0.15, -0.1) is 0 Å². The summed E-state index contributed by atoms with van der Waals surface area (Å²) in [7, 11) is 0. The number of aromatic nitrogens is 2. The van der Waals surface area contributed by atoms with Gasteiger partial charge in [-0.1, -0.05) is 6.92 Å².